The van der Waals surface area contributed by atoms with Gasteiger partial charge >= 0.3 is 5.97 Å². The minimum atomic E-state index is -0.596. The third-order valence-corrected chi connectivity index (χ3v) is 5.67. The smallest absolute Gasteiger partial charge is 0.328 e. The minimum Gasteiger partial charge on any atom is -0.464 e. The molecule has 2 fully saturated rings. The molecular weight excluding hydrogens is 342 g/mol. The summed E-state index contributed by atoms with van der Waals surface area (Å²) >= 11 is 0. The standard InChI is InChI=1S/C22H29NO4/c24-20(18-12-5-2-6-13-18)21(25)23-15-7-14-19(23)22(26)27-16-8-11-17-9-3-1-4-10-17/h1,3-4,9-10,18-19H,2,5-8,11-16H2/t19-/m0/s1. The molecule has 1 saturated heterocycles. The minimum absolute atomic E-state index is 0.158. The van der Waals surface area contributed by atoms with Gasteiger partial charge in [0.05, 0.1) is 6.61 Å². The number of carbonyl (C=O) groups is 3. The molecule has 0 unspecified atom stereocenters. The largest absolute Gasteiger partial charge is 0.464 e. The highest BCUT2D eigenvalue weighted by Gasteiger charge is 2.39. The lowest BCUT2D eigenvalue weighted by Crippen LogP contribution is -2.46. The molecule has 146 valence electrons. The molecule has 0 N–H and O–H groups in total. The van der Waals surface area contributed by atoms with Crippen LogP contribution in [0.5, 0.6) is 0 Å². The molecule has 5 heteroatoms. The Morgan fingerprint density at radius 1 is 0.963 bits per heavy atom. The fourth-order valence-electron chi connectivity index (χ4n) is 4.13. The van der Waals surface area contributed by atoms with Gasteiger partial charge in [0.1, 0.15) is 6.04 Å². The van der Waals surface area contributed by atoms with Crippen molar-refractivity contribution in [2.75, 3.05) is 13.2 Å². The normalized spacial score (nSPS) is 20.4. The number of ketones is 1. The van der Waals surface area contributed by atoms with Gasteiger partial charge in [-0.2, -0.15) is 0 Å². The van der Waals surface area contributed by atoms with E-state index in [1.165, 1.54) is 10.5 Å². The number of amides is 1. The van der Waals surface area contributed by atoms with E-state index >= 15 is 0 Å². The third kappa shape index (κ3) is 5.18. The quantitative estimate of drug-likeness (QED) is 0.419. The first kappa shape index (κ1) is 19.6. The maximum absolute atomic E-state index is 12.6. The van der Waals surface area contributed by atoms with Crippen LogP contribution in [0.1, 0.15) is 56.9 Å². The molecule has 1 amide bonds. The van der Waals surface area contributed by atoms with Gasteiger partial charge in [0.25, 0.3) is 5.91 Å². The molecule has 0 bridgehead atoms. The van der Waals surface area contributed by atoms with E-state index in [-0.39, 0.29) is 17.7 Å². The predicted molar refractivity (Wildman–Crippen MR) is 102 cm³/mol. The van der Waals surface area contributed by atoms with Crippen molar-refractivity contribution in [3.8, 4) is 0 Å². The van der Waals surface area contributed by atoms with Crippen molar-refractivity contribution in [2.45, 2.75) is 63.8 Å². The molecular formula is C22H29NO4. The molecule has 0 radical (unpaired) electrons. The Hall–Kier alpha value is -2.17. The second kappa shape index (κ2) is 9.67. The average Bonchev–Trinajstić information content (AvgIpc) is 3.21. The summed E-state index contributed by atoms with van der Waals surface area (Å²) in [7, 11) is 0. The number of benzene rings is 1. The number of likely N-dealkylation sites (tertiary alicyclic amines) is 1. The van der Waals surface area contributed by atoms with Gasteiger partial charge in [0, 0.05) is 12.5 Å². The Bertz CT molecular complexity index is 652. The van der Waals surface area contributed by atoms with Crippen LogP contribution in [-0.2, 0) is 25.5 Å². The van der Waals surface area contributed by atoms with Crippen LogP contribution < -0.4 is 0 Å². The number of rotatable bonds is 7. The molecule has 0 aromatic heterocycles. The van der Waals surface area contributed by atoms with Crippen LogP contribution in [0, 0.1) is 5.92 Å². The lowest BCUT2D eigenvalue weighted by atomic mass is 9.86. The van der Waals surface area contributed by atoms with Gasteiger partial charge in [-0.15, -0.1) is 0 Å². The summed E-state index contributed by atoms with van der Waals surface area (Å²) in [4.78, 5) is 39.1. The first-order valence-corrected chi connectivity index (χ1v) is 10.2. The van der Waals surface area contributed by atoms with E-state index in [1.807, 2.05) is 18.2 Å². The average molecular weight is 371 g/mol. The Kier molecular flexibility index (Phi) is 7.02. The van der Waals surface area contributed by atoms with E-state index in [4.69, 9.17) is 4.74 Å². The molecule has 3 rings (SSSR count). The number of esters is 1. The maximum Gasteiger partial charge on any atom is 0.328 e. The first-order chi connectivity index (χ1) is 13.2. The fourth-order valence-corrected chi connectivity index (χ4v) is 4.13. The summed E-state index contributed by atoms with van der Waals surface area (Å²) < 4.78 is 5.41. The Balaban J connectivity index is 1.47. The van der Waals surface area contributed by atoms with Gasteiger partial charge in [0.15, 0.2) is 0 Å². The van der Waals surface area contributed by atoms with Gasteiger partial charge in [-0.1, -0.05) is 49.6 Å². The van der Waals surface area contributed by atoms with E-state index in [9.17, 15) is 14.4 Å². The molecule has 1 atom stereocenters. The summed E-state index contributed by atoms with van der Waals surface area (Å²) in [5.41, 5.74) is 1.21. The van der Waals surface area contributed by atoms with Crippen molar-refractivity contribution in [1.82, 2.24) is 4.90 Å². The zero-order chi connectivity index (χ0) is 19.1. The van der Waals surface area contributed by atoms with Crippen molar-refractivity contribution in [3.63, 3.8) is 0 Å². The molecule has 2 aliphatic rings. The fraction of sp³-hybridized carbons (Fsp3) is 0.591. The zero-order valence-electron chi connectivity index (χ0n) is 15.9. The summed E-state index contributed by atoms with van der Waals surface area (Å²) in [6.45, 7) is 0.809. The van der Waals surface area contributed by atoms with Gasteiger partial charge in [0.2, 0.25) is 5.78 Å². The van der Waals surface area contributed by atoms with Crippen molar-refractivity contribution in [1.29, 1.82) is 0 Å². The molecule has 27 heavy (non-hydrogen) atoms. The van der Waals surface area contributed by atoms with Crippen LogP contribution in [0.25, 0.3) is 0 Å². The number of aryl methyl sites for hydroxylation is 1. The van der Waals surface area contributed by atoms with Crippen LogP contribution >= 0.6 is 0 Å². The SMILES string of the molecule is O=C(C(=O)N1CCC[C@H]1C(=O)OCCCc1ccccc1)C1CCCCC1. The molecule has 1 aliphatic carbocycles. The lowest BCUT2D eigenvalue weighted by molar-refractivity contribution is -0.156. The molecule has 1 heterocycles. The highest BCUT2D eigenvalue weighted by Crippen LogP contribution is 2.27. The summed E-state index contributed by atoms with van der Waals surface area (Å²) in [5.74, 6) is -1.32. The summed E-state index contributed by atoms with van der Waals surface area (Å²) in [6, 6.07) is 9.47. The Morgan fingerprint density at radius 3 is 2.44 bits per heavy atom. The van der Waals surface area contributed by atoms with Crippen LogP contribution in [-0.4, -0.2) is 41.8 Å². The van der Waals surface area contributed by atoms with Gasteiger partial charge < -0.3 is 9.64 Å². The number of carbonyl (C=O) groups excluding carboxylic acids is 3. The van der Waals surface area contributed by atoms with Crippen molar-refractivity contribution in [3.05, 3.63) is 35.9 Å². The molecule has 5 nitrogen and oxygen atoms in total. The number of ether oxygens (including phenoxy) is 1. The van der Waals surface area contributed by atoms with Crippen LogP contribution in [0.4, 0.5) is 0 Å². The predicted octanol–water partition coefficient (Wildman–Crippen LogP) is 3.30. The van der Waals surface area contributed by atoms with Gasteiger partial charge in [-0.05, 0) is 44.1 Å². The van der Waals surface area contributed by atoms with E-state index in [0.29, 0.717) is 19.6 Å². The molecule has 1 aromatic rings. The third-order valence-electron chi connectivity index (χ3n) is 5.67. The zero-order valence-corrected chi connectivity index (χ0v) is 15.9. The Labute approximate surface area is 161 Å². The van der Waals surface area contributed by atoms with Gasteiger partial charge in [-0.3, -0.25) is 9.59 Å². The van der Waals surface area contributed by atoms with E-state index < -0.39 is 11.9 Å². The Morgan fingerprint density at radius 2 is 1.70 bits per heavy atom. The van der Waals surface area contributed by atoms with Crippen molar-refractivity contribution >= 4 is 17.7 Å². The number of hydrogen-bond donors (Lipinski definition) is 0. The van der Waals surface area contributed by atoms with Crippen molar-refractivity contribution in [2.24, 2.45) is 5.92 Å². The van der Waals surface area contributed by atoms with Crippen LogP contribution in [0.15, 0.2) is 30.3 Å². The molecule has 0 spiro atoms. The summed E-state index contributed by atoms with van der Waals surface area (Å²) in [6.07, 6.45) is 7.68. The molecule has 1 saturated carbocycles. The summed E-state index contributed by atoms with van der Waals surface area (Å²) in [5, 5.41) is 0. The van der Waals surface area contributed by atoms with Crippen LogP contribution in [0.2, 0.25) is 0 Å². The number of Topliss-reactive ketones (excluding diaryl/α,β-unsaturated/α-hetero) is 1. The number of nitrogens with zero attached hydrogens (tertiary/aromatic N) is 1. The highest BCUT2D eigenvalue weighted by atomic mass is 16.5. The number of hydrogen-bond acceptors (Lipinski definition) is 4. The van der Waals surface area contributed by atoms with E-state index in [2.05, 4.69) is 12.1 Å². The molecule has 1 aliphatic heterocycles. The van der Waals surface area contributed by atoms with Crippen molar-refractivity contribution < 1.29 is 19.1 Å². The molecule has 1 aromatic carbocycles. The monoisotopic (exact) mass is 371 g/mol. The van der Waals surface area contributed by atoms with E-state index in [1.54, 1.807) is 0 Å². The van der Waals surface area contributed by atoms with Gasteiger partial charge in [-0.25, -0.2) is 4.79 Å². The topological polar surface area (TPSA) is 63.7 Å². The maximum atomic E-state index is 12.6. The van der Waals surface area contributed by atoms with Crippen LogP contribution in [0.3, 0.4) is 0 Å². The second-order valence-electron chi connectivity index (χ2n) is 7.61. The first-order valence-electron chi connectivity index (χ1n) is 10.2. The highest BCUT2D eigenvalue weighted by molar-refractivity contribution is 6.37. The lowest BCUT2D eigenvalue weighted by Gasteiger charge is -2.26. The second-order valence-corrected chi connectivity index (χ2v) is 7.61. The van der Waals surface area contributed by atoms with E-state index in [0.717, 1.165) is 51.4 Å².